The number of hydrogen-bond acceptors (Lipinski definition) is 4. The number of benzene rings is 2. The second-order valence-corrected chi connectivity index (χ2v) is 5.55. The number of aliphatic hydroxyl groups excluding tert-OH is 2. The van der Waals surface area contributed by atoms with Gasteiger partial charge in [0.15, 0.2) is 0 Å². The van der Waals surface area contributed by atoms with Gasteiger partial charge in [-0.25, -0.2) is 0 Å². The summed E-state index contributed by atoms with van der Waals surface area (Å²) in [4.78, 5) is 0. The first-order valence-corrected chi connectivity index (χ1v) is 7.40. The van der Waals surface area contributed by atoms with Crippen molar-refractivity contribution in [3.63, 3.8) is 0 Å². The minimum Gasteiger partial charge on any atom is -0.508 e. The zero-order valence-corrected chi connectivity index (χ0v) is 12.9. The Hall–Kier alpha value is -1.56. The van der Waals surface area contributed by atoms with E-state index < -0.39 is 12.2 Å². The highest BCUT2D eigenvalue weighted by Gasteiger charge is 2.25. The van der Waals surface area contributed by atoms with Crippen molar-refractivity contribution in [3.8, 4) is 11.5 Å². The Labute approximate surface area is 131 Å². The van der Waals surface area contributed by atoms with Crippen molar-refractivity contribution >= 4 is 15.9 Å². The summed E-state index contributed by atoms with van der Waals surface area (Å²) < 4.78 is 6.48. The van der Waals surface area contributed by atoms with Gasteiger partial charge in [-0.3, -0.25) is 0 Å². The summed E-state index contributed by atoms with van der Waals surface area (Å²) in [5.41, 5.74) is 0.360. The summed E-state index contributed by atoms with van der Waals surface area (Å²) in [6, 6.07) is 13.9. The van der Waals surface area contributed by atoms with Crippen LogP contribution in [0.3, 0.4) is 0 Å². The Morgan fingerprint density at radius 2 is 1.81 bits per heavy atom. The van der Waals surface area contributed by atoms with Crippen molar-refractivity contribution in [2.45, 2.75) is 18.6 Å². The fourth-order valence-corrected chi connectivity index (χ4v) is 2.42. The quantitative estimate of drug-likeness (QED) is 0.747. The highest BCUT2D eigenvalue weighted by molar-refractivity contribution is 9.10. The van der Waals surface area contributed by atoms with Crippen LogP contribution in [0.5, 0.6) is 11.5 Å². The molecule has 0 heterocycles. The second kappa shape index (κ2) is 7.45. The molecular weight excluding hydrogens is 336 g/mol. The second-order valence-electron chi connectivity index (χ2n) is 4.63. The highest BCUT2D eigenvalue weighted by atomic mass is 79.9. The number of aromatic hydroxyl groups is 1. The van der Waals surface area contributed by atoms with Crippen LogP contribution in [0.4, 0.5) is 0 Å². The maximum absolute atomic E-state index is 10.5. The van der Waals surface area contributed by atoms with Crippen molar-refractivity contribution in [2.24, 2.45) is 0 Å². The third-order valence-corrected chi connectivity index (χ3v) is 3.60. The normalized spacial score (nSPS) is 13.7. The predicted molar refractivity (Wildman–Crippen MR) is 83.3 cm³/mol. The third-order valence-electron chi connectivity index (χ3n) is 3.10. The number of ether oxygens (including phenoxy) is 1. The SMILES string of the molecule is OCC[C@H](Oc1ccccc1)[C@@H](O)c1cc(Br)ccc1O. The summed E-state index contributed by atoms with van der Waals surface area (Å²) in [7, 11) is 0. The smallest absolute Gasteiger partial charge is 0.131 e. The molecule has 2 aromatic carbocycles. The molecule has 0 spiro atoms. The lowest BCUT2D eigenvalue weighted by Crippen LogP contribution is -2.26. The third kappa shape index (κ3) is 4.20. The van der Waals surface area contributed by atoms with E-state index in [1.54, 1.807) is 24.3 Å². The number of phenols is 1. The van der Waals surface area contributed by atoms with E-state index in [1.165, 1.54) is 6.07 Å². The largest absolute Gasteiger partial charge is 0.508 e. The van der Waals surface area contributed by atoms with Gasteiger partial charge in [0.25, 0.3) is 0 Å². The van der Waals surface area contributed by atoms with Crippen LogP contribution in [-0.2, 0) is 0 Å². The van der Waals surface area contributed by atoms with E-state index in [4.69, 9.17) is 4.74 Å². The zero-order chi connectivity index (χ0) is 15.2. The summed E-state index contributed by atoms with van der Waals surface area (Å²) in [6.45, 7) is -0.122. The standard InChI is InChI=1S/C16H17BrO4/c17-11-6-7-14(19)13(10-11)16(20)15(8-9-18)21-12-4-2-1-3-5-12/h1-7,10,15-16,18-20H,8-9H2/t15-,16-/m0/s1. The number of phenolic OH excluding ortho intramolecular Hbond substituents is 1. The minimum atomic E-state index is -1.05. The number of halogens is 1. The number of para-hydroxylation sites is 1. The molecule has 0 fully saturated rings. The van der Waals surface area contributed by atoms with Gasteiger partial charge >= 0.3 is 0 Å². The lowest BCUT2D eigenvalue weighted by molar-refractivity contribution is 0.0191. The monoisotopic (exact) mass is 352 g/mol. The maximum atomic E-state index is 10.5. The fraction of sp³-hybridized carbons (Fsp3) is 0.250. The van der Waals surface area contributed by atoms with E-state index in [0.717, 1.165) is 4.47 Å². The van der Waals surface area contributed by atoms with Crippen molar-refractivity contribution in [1.82, 2.24) is 0 Å². The maximum Gasteiger partial charge on any atom is 0.131 e. The summed E-state index contributed by atoms with van der Waals surface area (Å²) >= 11 is 3.31. The molecule has 2 atom stereocenters. The number of hydrogen-bond donors (Lipinski definition) is 3. The highest BCUT2D eigenvalue weighted by Crippen LogP contribution is 2.32. The molecule has 112 valence electrons. The molecule has 5 heteroatoms. The van der Waals surface area contributed by atoms with Gasteiger partial charge in [-0.2, -0.15) is 0 Å². The first-order valence-electron chi connectivity index (χ1n) is 6.61. The summed E-state index contributed by atoms with van der Waals surface area (Å²) in [5, 5.41) is 29.5. The summed E-state index contributed by atoms with van der Waals surface area (Å²) in [5.74, 6) is 0.592. The molecule has 3 N–H and O–H groups in total. The molecule has 0 aliphatic heterocycles. The molecule has 0 aliphatic carbocycles. The Bertz CT molecular complexity index is 574. The van der Waals surface area contributed by atoms with E-state index in [2.05, 4.69) is 15.9 Å². The van der Waals surface area contributed by atoms with E-state index in [0.29, 0.717) is 11.3 Å². The van der Waals surface area contributed by atoms with Gasteiger partial charge in [-0.05, 0) is 30.3 Å². The molecule has 0 bridgehead atoms. The van der Waals surface area contributed by atoms with Crippen LogP contribution >= 0.6 is 15.9 Å². The van der Waals surface area contributed by atoms with Crippen LogP contribution in [-0.4, -0.2) is 28.0 Å². The van der Waals surface area contributed by atoms with Crippen LogP contribution in [0.15, 0.2) is 53.0 Å². The zero-order valence-electron chi connectivity index (χ0n) is 11.3. The van der Waals surface area contributed by atoms with Crippen molar-refractivity contribution in [2.75, 3.05) is 6.61 Å². The Morgan fingerprint density at radius 1 is 1.10 bits per heavy atom. The van der Waals surface area contributed by atoms with E-state index in [-0.39, 0.29) is 18.8 Å². The molecule has 21 heavy (non-hydrogen) atoms. The lowest BCUT2D eigenvalue weighted by atomic mass is 10.0. The van der Waals surface area contributed by atoms with Crippen LogP contribution in [0.25, 0.3) is 0 Å². The molecule has 0 aliphatic rings. The number of aliphatic hydroxyl groups is 2. The molecule has 0 saturated carbocycles. The topological polar surface area (TPSA) is 69.9 Å². The molecule has 0 unspecified atom stereocenters. The predicted octanol–water partition coefficient (Wildman–Crippen LogP) is 3.02. The van der Waals surface area contributed by atoms with Crippen LogP contribution in [0.2, 0.25) is 0 Å². The Kier molecular flexibility index (Phi) is 5.61. The average molecular weight is 353 g/mol. The van der Waals surface area contributed by atoms with Crippen molar-refractivity contribution in [1.29, 1.82) is 0 Å². The molecule has 0 radical (unpaired) electrons. The van der Waals surface area contributed by atoms with E-state index in [1.807, 2.05) is 18.2 Å². The lowest BCUT2D eigenvalue weighted by Gasteiger charge is -2.24. The van der Waals surface area contributed by atoms with Crippen LogP contribution in [0, 0.1) is 0 Å². The van der Waals surface area contributed by atoms with Gasteiger partial charge in [0.2, 0.25) is 0 Å². The first kappa shape index (κ1) is 15.8. The van der Waals surface area contributed by atoms with Gasteiger partial charge in [0.1, 0.15) is 23.7 Å². The molecule has 0 amide bonds. The van der Waals surface area contributed by atoms with Gasteiger partial charge < -0.3 is 20.1 Å². The van der Waals surface area contributed by atoms with Crippen molar-refractivity contribution < 1.29 is 20.1 Å². The Balaban J connectivity index is 2.22. The fourth-order valence-electron chi connectivity index (χ4n) is 2.04. The van der Waals surface area contributed by atoms with Crippen LogP contribution < -0.4 is 4.74 Å². The molecule has 0 aromatic heterocycles. The van der Waals surface area contributed by atoms with Gasteiger partial charge in [-0.15, -0.1) is 0 Å². The average Bonchev–Trinajstić information content (AvgIpc) is 2.49. The van der Waals surface area contributed by atoms with E-state index >= 15 is 0 Å². The number of rotatable bonds is 6. The van der Waals surface area contributed by atoms with Gasteiger partial charge in [0.05, 0.1) is 0 Å². The molecule has 2 rings (SSSR count). The first-order chi connectivity index (χ1) is 10.1. The molecule has 0 saturated heterocycles. The van der Waals surface area contributed by atoms with Gasteiger partial charge in [-0.1, -0.05) is 34.1 Å². The van der Waals surface area contributed by atoms with E-state index in [9.17, 15) is 15.3 Å². The molecule has 4 nitrogen and oxygen atoms in total. The van der Waals surface area contributed by atoms with Gasteiger partial charge in [0, 0.05) is 23.1 Å². The molecular formula is C16H17BrO4. The Morgan fingerprint density at radius 3 is 2.48 bits per heavy atom. The summed E-state index contributed by atoms with van der Waals surface area (Å²) in [6.07, 6.45) is -1.45. The van der Waals surface area contributed by atoms with Crippen molar-refractivity contribution in [3.05, 3.63) is 58.6 Å². The molecule has 2 aromatic rings. The minimum absolute atomic E-state index is 0.00898. The van der Waals surface area contributed by atoms with Crippen LogP contribution in [0.1, 0.15) is 18.1 Å².